The summed E-state index contributed by atoms with van der Waals surface area (Å²) in [6.07, 6.45) is -4.53. The average Bonchev–Trinajstić information content (AvgIpc) is 2.48. The molecule has 8 heteroatoms. The lowest BCUT2D eigenvalue weighted by atomic mass is 10.1. The predicted octanol–water partition coefficient (Wildman–Crippen LogP) is 4.86. The first kappa shape index (κ1) is 17.4. The molecule has 23 heavy (non-hydrogen) atoms. The summed E-state index contributed by atoms with van der Waals surface area (Å²) < 4.78 is 43.4. The van der Waals surface area contributed by atoms with Gasteiger partial charge in [0.25, 0.3) is 0 Å². The van der Waals surface area contributed by atoms with Gasteiger partial charge >= 0.3 is 6.18 Å². The molecule has 0 saturated carbocycles. The van der Waals surface area contributed by atoms with Gasteiger partial charge in [0.15, 0.2) is 0 Å². The van der Waals surface area contributed by atoms with Crippen molar-refractivity contribution in [2.45, 2.75) is 6.18 Å². The van der Waals surface area contributed by atoms with Gasteiger partial charge < -0.3 is 15.2 Å². The Labute approximate surface area is 140 Å². The summed E-state index contributed by atoms with van der Waals surface area (Å²) in [6, 6.07) is 7.19. The van der Waals surface area contributed by atoms with Crippen molar-refractivity contribution >= 4 is 34.5 Å². The molecule has 0 atom stereocenters. The molecule has 2 aromatic carbocycles. The molecule has 0 radical (unpaired) electrons. The summed E-state index contributed by atoms with van der Waals surface area (Å²) in [5, 5.41) is 12.7. The van der Waals surface area contributed by atoms with Gasteiger partial charge in [0.05, 0.1) is 23.9 Å². The number of hydrogen-bond acceptors (Lipinski definition) is 3. The fourth-order valence-electron chi connectivity index (χ4n) is 1.86. The van der Waals surface area contributed by atoms with Crippen molar-refractivity contribution in [2.24, 2.45) is 0 Å². The number of nitrogens with one attached hydrogen (secondary N) is 1. The van der Waals surface area contributed by atoms with Crippen molar-refractivity contribution in [3.63, 3.8) is 0 Å². The molecular weight excluding hydrogens is 351 g/mol. The van der Waals surface area contributed by atoms with Crippen LogP contribution in [-0.2, 0) is 6.18 Å². The van der Waals surface area contributed by atoms with E-state index in [2.05, 4.69) is 5.32 Å². The van der Waals surface area contributed by atoms with Gasteiger partial charge in [0.1, 0.15) is 16.5 Å². The number of halogens is 4. The lowest BCUT2D eigenvalue weighted by Crippen LogP contribution is -2.13. The molecule has 0 unspecified atom stereocenters. The molecule has 0 saturated heterocycles. The average molecular weight is 362 g/mol. The Balaban J connectivity index is 2.36. The van der Waals surface area contributed by atoms with Crippen molar-refractivity contribution < 1.29 is 23.0 Å². The van der Waals surface area contributed by atoms with Crippen LogP contribution in [0.5, 0.6) is 11.5 Å². The van der Waals surface area contributed by atoms with Crippen molar-refractivity contribution in [3.8, 4) is 11.5 Å². The molecule has 0 aliphatic carbocycles. The zero-order chi connectivity index (χ0) is 17.2. The maximum Gasteiger partial charge on any atom is 0.416 e. The second-order valence-corrected chi connectivity index (χ2v) is 5.37. The van der Waals surface area contributed by atoms with E-state index in [1.807, 2.05) is 0 Å². The van der Waals surface area contributed by atoms with E-state index in [-0.39, 0.29) is 16.4 Å². The first-order valence-electron chi connectivity index (χ1n) is 6.27. The van der Waals surface area contributed by atoms with Crippen LogP contribution < -0.4 is 10.1 Å². The van der Waals surface area contributed by atoms with Gasteiger partial charge in [0, 0.05) is 5.02 Å². The number of thiocarbonyl (C=S) groups is 1. The number of phenols is 1. The van der Waals surface area contributed by atoms with Gasteiger partial charge in [-0.1, -0.05) is 23.8 Å². The summed E-state index contributed by atoms with van der Waals surface area (Å²) in [7, 11) is 1.43. The third-order valence-corrected chi connectivity index (χ3v) is 3.54. The highest BCUT2D eigenvalue weighted by Gasteiger charge is 2.31. The van der Waals surface area contributed by atoms with Crippen LogP contribution in [0.25, 0.3) is 0 Å². The molecule has 0 bridgehead atoms. The maximum absolute atomic E-state index is 12.8. The Bertz CT molecular complexity index is 750. The normalized spacial score (nSPS) is 11.2. The largest absolute Gasteiger partial charge is 0.506 e. The number of hydrogen-bond donors (Lipinski definition) is 2. The minimum Gasteiger partial charge on any atom is -0.506 e. The van der Waals surface area contributed by atoms with Crippen LogP contribution in [0, 0.1) is 0 Å². The van der Waals surface area contributed by atoms with Gasteiger partial charge in [0.2, 0.25) is 0 Å². The predicted molar refractivity (Wildman–Crippen MR) is 86.4 cm³/mol. The third kappa shape index (κ3) is 4.05. The van der Waals surface area contributed by atoms with E-state index in [1.54, 1.807) is 12.1 Å². The van der Waals surface area contributed by atoms with Crippen molar-refractivity contribution in [3.05, 3.63) is 52.5 Å². The number of benzene rings is 2. The Morgan fingerprint density at radius 2 is 1.91 bits per heavy atom. The van der Waals surface area contributed by atoms with Gasteiger partial charge in [-0.15, -0.1) is 0 Å². The fourth-order valence-corrected chi connectivity index (χ4v) is 2.30. The highest BCUT2D eigenvalue weighted by atomic mass is 35.5. The van der Waals surface area contributed by atoms with E-state index in [9.17, 15) is 18.3 Å². The zero-order valence-corrected chi connectivity index (χ0v) is 13.3. The van der Waals surface area contributed by atoms with Gasteiger partial charge in [-0.05, 0) is 36.4 Å². The SMILES string of the molecule is COc1ccc(Cl)cc1C(=S)Nc1cc(C(F)(F)F)ccc1O. The molecule has 0 aliphatic heterocycles. The molecular formula is C15H11ClF3NO2S. The van der Waals surface area contributed by atoms with E-state index in [4.69, 9.17) is 28.6 Å². The maximum atomic E-state index is 12.8. The Morgan fingerprint density at radius 3 is 2.52 bits per heavy atom. The summed E-state index contributed by atoms with van der Waals surface area (Å²) in [4.78, 5) is 0.0685. The fraction of sp³-hybridized carbons (Fsp3) is 0.133. The molecule has 0 spiro atoms. The van der Waals surface area contributed by atoms with E-state index in [1.165, 1.54) is 13.2 Å². The summed E-state index contributed by atoms with van der Waals surface area (Å²) in [6.45, 7) is 0. The van der Waals surface area contributed by atoms with Crippen LogP contribution in [-0.4, -0.2) is 17.2 Å². The minimum atomic E-state index is -4.53. The Kier molecular flexibility index (Phi) is 5.01. The van der Waals surface area contributed by atoms with Crippen LogP contribution in [0.4, 0.5) is 18.9 Å². The molecule has 122 valence electrons. The van der Waals surface area contributed by atoms with Crippen LogP contribution in [0.3, 0.4) is 0 Å². The van der Waals surface area contributed by atoms with Gasteiger partial charge in [-0.25, -0.2) is 0 Å². The molecule has 0 amide bonds. The molecule has 0 aromatic heterocycles. The van der Waals surface area contributed by atoms with Crippen LogP contribution >= 0.6 is 23.8 Å². The van der Waals surface area contributed by atoms with Crippen molar-refractivity contribution in [2.75, 3.05) is 12.4 Å². The molecule has 0 aliphatic rings. The van der Waals surface area contributed by atoms with Gasteiger partial charge in [-0.3, -0.25) is 0 Å². The third-order valence-electron chi connectivity index (χ3n) is 2.98. The Hall–Kier alpha value is -1.99. The number of alkyl halides is 3. The van der Waals surface area contributed by atoms with E-state index < -0.39 is 11.7 Å². The van der Waals surface area contributed by atoms with Gasteiger partial charge in [-0.2, -0.15) is 13.2 Å². The highest BCUT2D eigenvalue weighted by Crippen LogP contribution is 2.35. The molecule has 3 nitrogen and oxygen atoms in total. The topological polar surface area (TPSA) is 41.5 Å². The summed E-state index contributed by atoms with van der Waals surface area (Å²) in [5.41, 5.74) is -0.669. The van der Waals surface area contributed by atoms with E-state index in [0.717, 1.165) is 18.2 Å². The minimum absolute atomic E-state index is 0.0685. The second kappa shape index (κ2) is 6.64. The molecule has 2 rings (SSSR count). The lowest BCUT2D eigenvalue weighted by Gasteiger charge is -2.15. The van der Waals surface area contributed by atoms with Crippen LogP contribution in [0.1, 0.15) is 11.1 Å². The number of anilines is 1. The molecule has 0 fully saturated rings. The smallest absolute Gasteiger partial charge is 0.416 e. The highest BCUT2D eigenvalue weighted by molar-refractivity contribution is 7.81. The first-order valence-corrected chi connectivity index (χ1v) is 7.06. The monoisotopic (exact) mass is 361 g/mol. The summed E-state index contributed by atoms with van der Waals surface area (Å²) in [5.74, 6) is 0.0414. The zero-order valence-electron chi connectivity index (χ0n) is 11.7. The van der Waals surface area contributed by atoms with E-state index >= 15 is 0 Å². The standard InChI is InChI=1S/C15H11ClF3NO2S/c1-22-13-5-3-9(16)7-10(13)14(23)20-11-6-8(15(17,18)19)2-4-12(11)21/h2-7,21H,1H3,(H,20,23). The number of aromatic hydroxyl groups is 1. The number of methoxy groups -OCH3 is 1. The number of ether oxygens (including phenoxy) is 1. The quantitative estimate of drug-likeness (QED) is 0.605. The lowest BCUT2D eigenvalue weighted by molar-refractivity contribution is -0.137. The van der Waals surface area contributed by atoms with Crippen LogP contribution in [0.15, 0.2) is 36.4 Å². The number of phenolic OH excluding ortho intramolecular Hbond substituents is 1. The molecule has 2 aromatic rings. The number of rotatable bonds is 3. The first-order chi connectivity index (χ1) is 10.7. The van der Waals surface area contributed by atoms with Crippen molar-refractivity contribution in [1.82, 2.24) is 0 Å². The van der Waals surface area contributed by atoms with Crippen LogP contribution in [0.2, 0.25) is 5.02 Å². The molecule has 0 heterocycles. The Morgan fingerprint density at radius 1 is 1.22 bits per heavy atom. The van der Waals surface area contributed by atoms with E-state index in [0.29, 0.717) is 16.3 Å². The second-order valence-electron chi connectivity index (χ2n) is 4.53. The van der Waals surface area contributed by atoms with Crippen molar-refractivity contribution in [1.29, 1.82) is 0 Å². The molecule has 2 N–H and O–H groups in total. The summed E-state index contributed by atoms with van der Waals surface area (Å²) >= 11 is 11.1.